The molecule has 1 saturated carbocycles. The third-order valence-corrected chi connectivity index (χ3v) is 3.64. The van der Waals surface area contributed by atoms with Crippen LogP contribution in [0, 0.1) is 5.92 Å². The lowest BCUT2D eigenvalue weighted by atomic mass is 9.86. The van der Waals surface area contributed by atoms with E-state index in [2.05, 4.69) is 22.3 Å². The van der Waals surface area contributed by atoms with Crippen LogP contribution < -0.4 is 10.2 Å². The first-order valence-corrected chi connectivity index (χ1v) is 6.85. The van der Waals surface area contributed by atoms with Gasteiger partial charge in [0.1, 0.15) is 0 Å². The molecule has 1 aromatic carbocycles. The summed E-state index contributed by atoms with van der Waals surface area (Å²) < 4.78 is 0. The van der Waals surface area contributed by atoms with E-state index in [0.29, 0.717) is 5.78 Å². The van der Waals surface area contributed by atoms with Crippen LogP contribution in [0.3, 0.4) is 0 Å². The maximum atomic E-state index is 12.0. The number of carbonyl (C=O) groups is 1. The summed E-state index contributed by atoms with van der Waals surface area (Å²) in [6, 6.07) is 8.19. The fraction of sp³-hybridized carbons (Fsp3) is 0.438. The summed E-state index contributed by atoms with van der Waals surface area (Å²) in [5.41, 5.74) is 3.11. The van der Waals surface area contributed by atoms with Crippen LogP contribution in [0.2, 0.25) is 0 Å². The van der Waals surface area contributed by atoms with E-state index in [-0.39, 0.29) is 5.92 Å². The highest BCUT2D eigenvalue weighted by Gasteiger charge is 2.22. The molecular weight excluding hydrogens is 236 g/mol. The summed E-state index contributed by atoms with van der Waals surface area (Å²) in [6.45, 7) is 2.02. The molecule has 1 unspecified atom stereocenters. The van der Waals surface area contributed by atoms with Gasteiger partial charge in [-0.3, -0.25) is 4.79 Å². The van der Waals surface area contributed by atoms with Gasteiger partial charge in [-0.15, -0.1) is 0 Å². The predicted octanol–water partition coefficient (Wildman–Crippen LogP) is 3.44. The first kappa shape index (κ1) is 13.7. The zero-order chi connectivity index (χ0) is 13.8. The molecule has 2 rings (SSSR count). The van der Waals surface area contributed by atoms with E-state index in [4.69, 9.17) is 0 Å². The van der Waals surface area contributed by atoms with Gasteiger partial charge in [-0.1, -0.05) is 6.92 Å². The maximum Gasteiger partial charge on any atom is 0.163 e. The van der Waals surface area contributed by atoms with Crippen molar-refractivity contribution in [3.63, 3.8) is 0 Å². The van der Waals surface area contributed by atoms with Gasteiger partial charge < -0.3 is 10.2 Å². The summed E-state index contributed by atoms with van der Waals surface area (Å²) in [5.74, 6) is 0.474. The number of benzene rings is 1. The Bertz CT molecular complexity index is 474. The molecule has 1 N–H and O–H groups in total. The zero-order valence-electron chi connectivity index (χ0n) is 11.9. The van der Waals surface area contributed by atoms with Gasteiger partial charge in [0, 0.05) is 43.2 Å². The highest BCUT2D eigenvalue weighted by molar-refractivity contribution is 5.97. The lowest BCUT2D eigenvalue weighted by Crippen LogP contribution is -2.19. The van der Waals surface area contributed by atoms with Crippen LogP contribution in [0.4, 0.5) is 11.4 Å². The Labute approximate surface area is 115 Å². The number of hydrogen-bond acceptors (Lipinski definition) is 3. The first-order chi connectivity index (χ1) is 9.08. The van der Waals surface area contributed by atoms with Crippen LogP contribution >= 0.6 is 0 Å². The molecule has 102 valence electrons. The molecule has 1 fully saturated rings. The standard InChI is InChI=1S/C16H22N2O/c1-12-5-4-6-13(16(12)19)11-17-14-7-9-15(10-8-14)18(2)3/h7-12,17H,4-6H2,1-3H3. The molecule has 0 heterocycles. The Morgan fingerprint density at radius 2 is 1.95 bits per heavy atom. The van der Waals surface area contributed by atoms with E-state index in [9.17, 15) is 4.79 Å². The van der Waals surface area contributed by atoms with Crippen molar-refractivity contribution in [1.29, 1.82) is 0 Å². The van der Waals surface area contributed by atoms with Crippen molar-refractivity contribution in [3.05, 3.63) is 36.0 Å². The van der Waals surface area contributed by atoms with Crippen molar-refractivity contribution in [2.24, 2.45) is 5.92 Å². The summed E-state index contributed by atoms with van der Waals surface area (Å²) in [5, 5.41) is 3.23. The molecule has 1 aromatic rings. The SMILES string of the molecule is CC1CCCC(=CNc2ccc(N(C)C)cc2)C1=O. The van der Waals surface area contributed by atoms with E-state index in [1.165, 1.54) is 5.69 Å². The van der Waals surface area contributed by atoms with Gasteiger partial charge in [0.25, 0.3) is 0 Å². The highest BCUT2D eigenvalue weighted by atomic mass is 16.1. The molecule has 0 amide bonds. The molecule has 19 heavy (non-hydrogen) atoms. The van der Waals surface area contributed by atoms with Crippen molar-refractivity contribution >= 4 is 17.2 Å². The predicted molar refractivity (Wildman–Crippen MR) is 80.5 cm³/mol. The summed E-state index contributed by atoms with van der Waals surface area (Å²) in [4.78, 5) is 14.0. The second-order valence-corrected chi connectivity index (χ2v) is 5.41. The minimum Gasteiger partial charge on any atom is -0.378 e. The van der Waals surface area contributed by atoms with Crippen LogP contribution in [0.15, 0.2) is 36.0 Å². The molecule has 1 aliphatic carbocycles. The van der Waals surface area contributed by atoms with Crippen molar-refractivity contribution < 1.29 is 4.79 Å². The Morgan fingerprint density at radius 3 is 2.58 bits per heavy atom. The minimum atomic E-state index is 0.179. The number of carbonyl (C=O) groups excluding carboxylic acids is 1. The second-order valence-electron chi connectivity index (χ2n) is 5.41. The average Bonchev–Trinajstić information content (AvgIpc) is 2.41. The fourth-order valence-electron chi connectivity index (χ4n) is 2.34. The van der Waals surface area contributed by atoms with Gasteiger partial charge in [0.2, 0.25) is 0 Å². The summed E-state index contributed by atoms with van der Waals surface area (Å²) in [6.07, 6.45) is 4.91. The number of hydrogen-bond donors (Lipinski definition) is 1. The Morgan fingerprint density at radius 1 is 1.26 bits per heavy atom. The molecule has 1 aliphatic rings. The molecule has 0 bridgehead atoms. The second kappa shape index (κ2) is 5.91. The van der Waals surface area contributed by atoms with E-state index in [1.807, 2.05) is 39.4 Å². The van der Waals surface area contributed by atoms with Crippen molar-refractivity contribution in [3.8, 4) is 0 Å². The number of allylic oxidation sites excluding steroid dienone is 1. The summed E-state index contributed by atoms with van der Waals surface area (Å²) in [7, 11) is 4.04. The van der Waals surface area contributed by atoms with Gasteiger partial charge in [-0.05, 0) is 43.5 Å². The summed E-state index contributed by atoms with van der Waals surface area (Å²) >= 11 is 0. The average molecular weight is 258 g/mol. The first-order valence-electron chi connectivity index (χ1n) is 6.85. The molecule has 0 aliphatic heterocycles. The van der Waals surface area contributed by atoms with Crippen molar-refractivity contribution in [2.75, 3.05) is 24.3 Å². The maximum absolute atomic E-state index is 12.0. The third kappa shape index (κ3) is 3.37. The topological polar surface area (TPSA) is 32.3 Å². The Kier molecular flexibility index (Phi) is 4.25. The smallest absolute Gasteiger partial charge is 0.163 e. The molecule has 3 nitrogen and oxygen atoms in total. The van der Waals surface area contributed by atoms with Crippen LogP contribution in [0.25, 0.3) is 0 Å². The monoisotopic (exact) mass is 258 g/mol. The lowest BCUT2D eigenvalue weighted by molar-refractivity contribution is -0.119. The van der Waals surface area contributed by atoms with E-state index >= 15 is 0 Å². The zero-order valence-corrected chi connectivity index (χ0v) is 11.9. The molecule has 0 aromatic heterocycles. The number of nitrogens with one attached hydrogen (secondary N) is 1. The number of anilines is 2. The molecule has 0 saturated heterocycles. The fourth-order valence-corrected chi connectivity index (χ4v) is 2.34. The third-order valence-electron chi connectivity index (χ3n) is 3.64. The van der Waals surface area contributed by atoms with Gasteiger partial charge in [0.05, 0.1) is 0 Å². The molecule has 0 spiro atoms. The Balaban J connectivity index is 2.03. The van der Waals surface area contributed by atoms with Gasteiger partial charge >= 0.3 is 0 Å². The molecular formula is C16H22N2O. The largest absolute Gasteiger partial charge is 0.378 e. The normalized spacial score (nSPS) is 21.5. The van der Waals surface area contributed by atoms with Gasteiger partial charge in [0.15, 0.2) is 5.78 Å². The number of ketones is 1. The quantitative estimate of drug-likeness (QED) is 0.843. The van der Waals surface area contributed by atoms with Crippen LogP contribution in [-0.4, -0.2) is 19.9 Å². The van der Waals surface area contributed by atoms with E-state index in [0.717, 1.165) is 30.5 Å². The van der Waals surface area contributed by atoms with E-state index in [1.54, 1.807) is 0 Å². The van der Waals surface area contributed by atoms with Crippen LogP contribution in [0.5, 0.6) is 0 Å². The van der Waals surface area contributed by atoms with Gasteiger partial charge in [-0.25, -0.2) is 0 Å². The minimum absolute atomic E-state index is 0.179. The van der Waals surface area contributed by atoms with Crippen LogP contribution in [-0.2, 0) is 4.79 Å². The lowest BCUT2D eigenvalue weighted by Gasteiger charge is -2.19. The molecule has 0 radical (unpaired) electrons. The van der Waals surface area contributed by atoms with E-state index < -0.39 is 0 Å². The van der Waals surface area contributed by atoms with Crippen LogP contribution in [0.1, 0.15) is 26.2 Å². The number of Topliss-reactive ketones (excluding diaryl/α,β-unsaturated/α-hetero) is 1. The number of nitrogens with zero attached hydrogens (tertiary/aromatic N) is 1. The number of rotatable bonds is 3. The molecule has 1 atom stereocenters. The molecule has 3 heteroatoms. The highest BCUT2D eigenvalue weighted by Crippen LogP contribution is 2.25. The van der Waals surface area contributed by atoms with Crippen molar-refractivity contribution in [1.82, 2.24) is 0 Å². The Hall–Kier alpha value is -1.77. The van der Waals surface area contributed by atoms with Gasteiger partial charge in [-0.2, -0.15) is 0 Å². The van der Waals surface area contributed by atoms with Crippen molar-refractivity contribution in [2.45, 2.75) is 26.2 Å².